The monoisotopic (exact) mass is 186 g/mol. The van der Waals surface area contributed by atoms with Gasteiger partial charge in [0.25, 0.3) is 0 Å². The van der Waals surface area contributed by atoms with Gasteiger partial charge >= 0.3 is 5.97 Å². The molecule has 1 aliphatic heterocycles. The summed E-state index contributed by atoms with van der Waals surface area (Å²) in [6, 6.07) is 0. The lowest BCUT2D eigenvalue weighted by atomic mass is 10.1. The molecule has 0 bridgehead atoms. The highest BCUT2D eigenvalue weighted by Crippen LogP contribution is 2.16. The standard InChI is InChI=1S/C8H14N2O3/c9-3-1-7(11)10-4-2-6(5-10)8(12)13/h6H,1-5,9H2,(H,12,13). The number of nitrogens with zero attached hydrogens (tertiary/aromatic N) is 1. The van der Waals surface area contributed by atoms with Gasteiger partial charge < -0.3 is 15.7 Å². The fourth-order valence-electron chi connectivity index (χ4n) is 1.47. The number of nitrogens with two attached hydrogens (primary N) is 1. The Kier molecular flexibility index (Phi) is 3.25. The van der Waals surface area contributed by atoms with E-state index in [1.807, 2.05) is 0 Å². The summed E-state index contributed by atoms with van der Waals surface area (Å²) in [5, 5.41) is 8.68. The van der Waals surface area contributed by atoms with Gasteiger partial charge in [0.15, 0.2) is 0 Å². The lowest BCUT2D eigenvalue weighted by Crippen LogP contribution is -2.31. The molecule has 1 fully saturated rings. The van der Waals surface area contributed by atoms with Gasteiger partial charge in [-0.15, -0.1) is 0 Å². The molecule has 74 valence electrons. The second kappa shape index (κ2) is 4.23. The third-order valence-electron chi connectivity index (χ3n) is 2.25. The van der Waals surface area contributed by atoms with Crippen LogP contribution in [0.4, 0.5) is 0 Å². The predicted octanol–water partition coefficient (Wildman–Crippen LogP) is -0.732. The van der Waals surface area contributed by atoms with Crippen LogP contribution in [0.25, 0.3) is 0 Å². The molecule has 1 saturated heterocycles. The highest BCUT2D eigenvalue weighted by Gasteiger charge is 2.30. The molecular weight excluding hydrogens is 172 g/mol. The topological polar surface area (TPSA) is 83.6 Å². The number of carboxylic acids is 1. The van der Waals surface area contributed by atoms with Crippen molar-refractivity contribution in [1.29, 1.82) is 0 Å². The van der Waals surface area contributed by atoms with Crippen molar-refractivity contribution in [1.82, 2.24) is 4.90 Å². The third kappa shape index (κ3) is 2.42. The second-order valence-corrected chi connectivity index (χ2v) is 3.20. The van der Waals surface area contributed by atoms with Crippen molar-refractivity contribution in [2.45, 2.75) is 12.8 Å². The molecule has 0 spiro atoms. The van der Waals surface area contributed by atoms with Crippen LogP contribution in [0.3, 0.4) is 0 Å². The van der Waals surface area contributed by atoms with Crippen molar-refractivity contribution in [2.75, 3.05) is 19.6 Å². The zero-order valence-electron chi connectivity index (χ0n) is 7.40. The van der Waals surface area contributed by atoms with Gasteiger partial charge in [0.2, 0.25) is 5.91 Å². The summed E-state index contributed by atoms with van der Waals surface area (Å²) in [4.78, 5) is 23.4. The quantitative estimate of drug-likeness (QED) is 0.608. The maximum absolute atomic E-state index is 11.3. The minimum absolute atomic E-state index is 0.0359. The Morgan fingerprint density at radius 2 is 2.23 bits per heavy atom. The smallest absolute Gasteiger partial charge is 0.308 e. The number of hydrogen-bond acceptors (Lipinski definition) is 3. The Bertz CT molecular complexity index is 217. The summed E-state index contributed by atoms with van der Waals surface area (Å²) in [6.45, 7) is 1.22. The van der Waals surface area contributed by atoms with Crippen LogP contribution in [0.2, 0.25) is 0 Å². The summed E-state index contributed by atoms with van der Waals surface area (Å²) in [7, 11) is 0. The molecule has 1 rings (SSSR count). The molecule has 0 aromatic carbocycles. The molecule has 5 heteroatoms. The van der Waals surface area contributed by atoms with Crippen molar-refractivity contribution in [3.05, 3.63) is 0 Å². The molecule has 1 atom stereocenters. The Labute approximate surface area is 76.5 Å². The average molecular weight is 186 g/mol. The molecule has 3 N–H and O–H groups in total. The molecule has 1 aliphatic rings. The van der Waals surface area contributed by atoms with Gasteiger partial charge in [-0.25, -0.2) is 0 Å². The van der Waals surface area contributed by atoms with E-state index in [9.17, 15) is 9.59 Å². The summed E-state index contributed by atoms with van der Waals surface area (Å²) in [5.74, 6) is -1.24. The minimum atomic E-state index is -0.817. The van der Waals surface area contributed by atoms with Crippen molar-refractivity contribution in [3.8, 4) is 0 Å². The minimum Gasteiger partial charge on any atom is -0.481 e. The average Bonchev–Trinajstić information content (AvgIpc) is 2.52. The molecule has 0 radical (unpaired) electrons. The van der Waals surface area contributed by atoms with E-state index in [1.54, 1.807) is 4.90 Å². The zero-order chi connectivity index (χ0) is 9.84. The van der Waals surface area contributed by atoms with Crippen molar-refractivity contribution < 1.29 is 14.7 Å². The van der Waals surface area contributed by atoms with E-state index in [1.165, 1.54) is 0 Å². The summed E-state index contributed by atoms with van der Waals surface area (Å²) in [6.07, 6.45) is 0.873. The molecule has 0 aliphatic carbocycles. The van der Waals surface area contributed by atoms with Crippen LogP contribution in [-0.2, 0) is 9.59 Å². The number of hydrogen-bond donors (Lipinski definition) is 2. The Morgan fingerprint density at radius 1 is 1.54 bits per heavy atom. The lowest BCUT2D eigenvalue weighted by Gasteiger charge is -2.14. The van der Waals surface area contributed by atoms with Gasteiger partial charge in [-0.05, 0) is 6.42 Å². The molecule has 5 nitrogen and oxygen atoms in total. The first-order chi connectivity index (χ1) is 6.15. The van der Waals surface area contributed by atoms with E-state index in [-0.39, 0.29) is 11.8 Å². The highest BCUT2D eigenvalue weighted by molar-refractivity contribution is 5.78. The number of likely N-dealkylation sites (tertiary alicyclic amines) is 1. The summed E-state index contributed by atoms with van der Waals surface area (Å²) in [5.41, 5.74) is 5.23. The van der Waals surface area contributed by atoms with E-state index in [0.29, 0.717) is 32.5 Å². The Balaban J connectivity index is 2.40. The van der Waals surface area contributed by atoms with Gasteiger partial charge in [0.1, 0.15) is 0 Å². The molecule has 1 heterocycles. The fraction of sp³-hybridized carbons (Fsp3) is 0.750. The number of carbonyl (C=O) groups is 2. The van der Waals surface area contributed by atoms with Crippen LogP contribution < -0.4 is 5.73 Å². The first-order valence-corrected chi connectivity index (χ1v) is 4.35. The van der Waals surface area contributed by atoms with E-state index in [4.69, 9.17) is 10.8 Å². The molecule has 0 aromatic heterocycles. The fourth-order valence-corrected chi connectivity index (χ4v) is 1.47. The highest BCUT2D eigenvalue weighted by atomic mass is 16.4. The van der Waals surface area contributed by atoms with E-state index < -0.39 is 5.97 Å². The van der Waals surface area contributed by atoms with Crippen LogP contribution in [0, 0.1) is 5.92 Å². The van der Waals surface area contributed by atoms with Gasteiger partial charge in [-0.1, -0.05) is 0 Å². The third-order valence-corrected chi connectivity index (χ3v) is 2.25. The zero-order valence-corrected chi connectivity index (χ0v) is 7.40. The van der Waals surface area contributed by atoms with Gasteiger partial charge in [0.05, 0.1) is 5.92 Å². The maximum Gasteiger partial charge on any atom is 0.308 e. The van der Waals surface area contributed by atoms with Crippen molar-refractivity contribution in [2.24, 2.45) is 11.7 Å². The number of carboxylic acid groups (broad SMARTS) is 1. The Morgan fingerprint density at radius 3 is 2.69 bits per heavy atom. The molecular formula is C8H14N2O3. The van der Waals surface area contributed by atoms with Gasteiger partial charge in [-0.3, -0.25) is 9.59 Å². The van der Waals surface area contributed by atoms with Crippen LogP contribution in [0.1, 0.15) is 12.8 Å². The first-order valence-electron chi connectivity index (χ1n) is 4.35. The largest absolute Gasteiger partial charge is 0.481 e. The Hall–Kier alpha value is -1.10. The number of amides is 1. The SMILES string of the molecule is NCCC(=O)N1CCC(C(=O)O)C1. The number of carbonyl (C=O) groups excluding carboxylic acids is 1. The van der Waals surface area contributed by atoms with Crippen molar-refractivity contribution in [3.63, 3.8) is 0 Å². The summed E-state index contributed by atoms with van der Waals surface area (Å²) >= 11 is 0. The van der Waals surface area contributed by atoms with E-state index >= 15 is 0 Å². The number of rotatable bonds is 3. The molecule has 1 unspecified atom stereocenters. The predicted molar refractivity (Wildman–Crippen MR) is 46.0 cm³/mol. The van der Waals surface area contributed by atoms with Gasteiger partial charge in [0, 0.05) is 26.1 Å². The maximum atomic E-state index is 11.3. The van der Waals surface area contributed by atoms with Crippen LogP contribution in [0.15, 0.2) is 0 Å². The number of aliphatic carboxylic acids is 1. The van der Waals surface area contributed by atoms with Crippen LogP contribution >= 0.6 is 0 Å². The summed E-state index contributed by atoms with van der Waals surface area (Å²) < 4.78 is 0. The van der Waals surface area contributed by atoms with E-state index in [0.717, 1.165) is 0 Å². The van der Waals surface area contributed by atoms with Gasteiger partial charge in [-0.2, -0.15) is 0 Å². The molecule has 0 aromatic rings. The lowest BCUT2D eigenvalue weighted by molar-refractivity contribution is -0.141. The van der Waals surface area contributed by atoms with Crippen LogP contribution in [0.5, 0.6) is 0 Å². The normalized spacial score (nSPS) is 21.9. The van der Waals surface area contributed by atoms with Crippen molar-refractivity contribution >= 4 is 11.9 Å². The van der Waals surface area contributed by atoms with Crippen LogP contribution in [-0.4, -0.2) is 41.5 Å². The molecule has 0 saturated carbocycles. The molecule has 1 amide bonds. The first kappa shape index (κ1) is 9.98. The molecule has 13 heavy (non-hydrogen) atoms. The second-order valence-electron chi connectivity index (χ2n) is 3.20. The van der Waals surface area contributed by atoms with E-state index in [2.05, 4.69) is 0 Å².